The van der Waals surface area contributed by atoms with E-state index in [1.165, 1.54) is 32.1 Å². The van der Waals surface area contributed by atoms with Gasteiger partial charge in [-0.2, -0.15) is 0 Å². The van der Waals surface area contributed by atoms with Crippen molar-refractivity contribution in [3.63, 3.8) is 0 Å². The Morgan fingerprint density at radius 2 is 1.10 bits per heavy atom. The van der Waals surface area contributed by atoms with Crippen LogP contribution in [0.25, 0.3) is 0 Å². The molecule has 20 heavy (non-hydrogen) atoms. The molecule has 0 fully saturated rings. The van der Waals surface area contributed by atoms with Gasteiger partial charge in [-0.3, -0.25) is 0 Å². The Labute approximate surface area is 144 Å². The van der Waals surface area contributed by atoms with E-state index in [-0.39, 0.29) is 19.5 Å². The minimum absolute atomic E-state index is 0. The van der Waals surface area contributed by atoms with Crippen molar-refractivity contribution in [1.82, 2.24) is 0 Å². The molecule has 0 atom stereocenters. The molecule has 122 valence electrons. The van der Waals surface area contributed by atoms with Crippen LogP contribution in [0.4, 0.5) is 0 Å². The summed E-state index contributed by atoms with van der Waals surface area (Å²) >= 11 is 7.21. The van der Waals surface area contributed by atoms with Gasteiger partial charge in [-0.1, -0.05) is 52.9 Å². The zero-order chi connectivity index (χ0) is 16.1. The Hall–Kier alpha value is 1.68. The van der Waals surface area contributed by atoms with E-state index in [9.17, 15) is 0 Å². The van der Waals surface area contributed by atoms with Crippen LogP contribution in [0, 0.1) is 5.92 Å². The van der Waals surface area contributed by atoms with Crippen LogP contribution in [0.5, 0.6) is 0 Å². The van der Waals surface area contributed by atoms with Crippen LogP contribution < -0.4 is 0 Å². The first kappa shape index (κ1) is 29.7. The fourth-order valence-electron chi connectivity index (χ4n) is 0.979. The van der Waals surface area contributed by atoms with Gasteiger partial charge in [0.15, 0.2) is 0 Å². The Morgan fingerprint density at radius 3 is 1.30 bits per heavy atom. The summed E-state index contributed by atoms with van der Waals surface area (Å²) in [7, 11) is 0. The number of hydrogen-bond acceptors (Lipinski definition) is 2. The molecule has 0 aliphatic carbocycles. The molecule has 0 aromatic carbocycles. The summed E-state index contributed by atoms with van der Waals surface area (Å²) in [4.78, 5) is 45.3. The van der Waals surface area contributed by atoms with Crippen molar-refractivity contribution in [2.45, 2.75) is 52.9 Å². The summed E-state index contributed by atoms with van der Waals surface area (Å²) in [6, 6.07) is 0. The van der Waals surface area contributed by atoms with Crippen molar-refractivity contribution in [3.8, 4) is 0 Å². The normalized spacial score (nSPS) is 10.7. The largest absolute Gasteiger partial charge is 0.325 e. The van der Waals surface area contributed by atoms with Gasteiger partial charge in [-0.25, -0.2) is 0 Å². The number of hydrogen-bond donors (Lipinski definition) is 6. The minimum atomic E-state index is -3.81. The summed E-state index contributed by atoms with van der Waals surface area (Å²) in [6.07, 6.45) is 7.07. The smallest absolute Gasteiger partial charge is 0.319 e. The van der Waals surface area contributed by atoms with E-state index in [1.807, 2.05) is 0 Å². The predicted octanol–water partition coefficient (Wildman–Crippen LogP) is 1.99. The van der Waals surface area contributed by atoms with Gasteiger partial charge < -0.3 is 29.4 Å². The van der Waals surface area contributed by atoms with Gasteiger partial charge in [0.1, 0.15) is 0 Å². The Morgan fingerprint density at radius 1 is 0.800 bits per heavy atom. The molecule has 0 aliphatic heterocycles. The van der Waals surface area contributed by atoms with E-state index in [0.717, 1.165) is 5.92 Å². The molecule has 0 heterocycles. The molecule has 0 amide bonds. The van der Waals surface area contributed by atoms with Crippen molar-refractivity contribution in [3.05, 3.63) is 0 Å². The Bertz CT molecular complexity index is 245. The molecule has 0 aromatic heterocycles. The molecule has 0 spiro atoms. The van der Waals surface area contributed by atoms with Crippen LogP contribution in [-0.4, -0.2) is 29.4 Å². The summed E-state index contributed by atoms with van der Waals surface area (Å²) in [5, 5.41) is 0. The van der Waals surface area contributed by atoms with Crippen molar-refractivity contribution < 1.29 is 48.8 Å². The summed E-state index contributed by atoms with van der Waals surface area (Å²) in [5.41, 5.74) is 0. The zero-order valence-corrected chi connectivity index (χ0v) is 18.6. The molecule has 6 nitrogen and oxygen atoms in total. The fraction of sp³-hybridized carbons (Fsp3) is 1.00. The molecule has 0 aromatic rings. The molecule has 11 heteroatoms. The first-order chi connectivity index (χ1) is 8.27. The predicted molar refractivity (Wildman–Crippen MR) is 85.5 cm³/mol. The SMILES string of the molecule is CCCCCCC(C)C.OP(O)(O)=S.OP(O)(O)=S.[Zn]. The van der Waals surface area contributed by atoms with E-state index < -0.39 is 13.4 Å². The van der Waals surface area contributed by atoms with E-state index in [4.69, 9.17) is 29.4 Å². The second-order valence-electron chi connectivity index (χ2n) is 4.27. The second kappa shape index (κ2) is 17.0. The third kappa shape index (κ3) is 116. The van der Waals surface area contributed by atoms with Crippen molar-refractivity contribution >= 4 is 37.1 Å². The maximum absolute atomic E-state index is 7.56. The number of unbranched alkanes of at least 4 members (excludes halogenated alkanes) is 3. The topological polar surface area (TPSA) is 121 Å². The minimum Gasteiger partial charge on any atom is -0.325 e. The zero-order valence-electron chi connectivity index (χ0n) is 12.2. The molecule has 0 saturated carbocycles. The molecular weight excluding hydrogens is 396 g/mol. The third-order valence-corrected chi connectivity index (χ3v) is 1.64. The maximum atomic E-state index is 7.56. The Kier molecular flexibility index (Phi) is 25.3. The van der Waals surface area contributed by atoms with E-state index in [0.29, 0.717) is 0 Å². The van der Waals surface area contributed by atoms with Gasteiger partial charge >= 0.3 is 13.4 Å². The van der Waals surface area contributed by atoms with E-state index in [2.05, 4.69) is 44.4 Å². The average molecular weight is 422 g/mol. The molecule has 6 N–H and O–H groups in total. The van der Waals surface area contributed by atoms with Gasteiger partial charge in [0.05, 0.1) is 0 Å². The van der Waals surface area contributed by atoms with Gasteiger partial charge in [0.2, 0.25) is 0 Å². The van der Waals surface area contributed by atoms with Gasteiger partial charge in [-0.05, 0) is 29.5 Å². The van der Waals surface area contributed by atoms with Crippen LogP contribution in [0.1, 0.15) is 52.9 Å². The summed E-state index contributed by atoms with van der Waals surface area (Å²) < 4.78 is 0. The number of rotatable bonds is 5. The molecular formula is C9H26O6P2S2Zn. The van der Waals surface area contributed by atoms with Crippen LogP contribution in [-0.2, 0) is 43.1 Å². The van der Waals surface area contributed by atoms with Crippen molar-refractivity contribution in [2.24, 2.45) is 5.92 Å². The Balaban J connectivity index is -0.000000101. The standard InChI is InChI=1S/C9H20.2H3O3PS.Zn/c1-4-5-6-7-8-9(2)3;2*1-4(2,3)5;/h9H,4-8H2,1-3H3;2*(H3,1,2,3,5);. The summed E-state index contributed by atoms with van der Waals surface area (Å²) in [5.74, 6) is 0.904. The molecule has 0 rings (SSSR count). The van der Waals surface area contributed by atoms with Crippen LogP contribution in [0.3, 0.4) is 0 Å². The van der Waals surface area contributed by atoms with Gasteiger partial charge in [0, 0.05) is 19.5 Å². The maximum Gasteiger partial charge on any atom is 0.319 e. The first-order valence-electron chi connectivity index (χ1n) is 5.84. The summed E-state index contributed by atoms with van der Waals surface area (Å²) in [6.45, 7) is -0.757. The molecule has 0 radical (unpaired) electrons. The molecule has 0 aliphatic rings. The van der Waals surface area contributed by atoms with Crippen molar-refractivity contribution in [1.29, 1.82) is 0 Å². The van der Waals surface area contributed by atoms with Crippen LogP contribution in [0.2, 0.25) is 0 Å². The molecule has 0 unspecified atom stereocenters. The van der Waals surface area contributed by atoms with Crippen molar-refractivity contribution in [2.75, 3.05) is 0 Å². The second-order valence-corrected chi connectivity index (χ2v) is 9.26. The first-order valence-corrected chi connectivity index (χ1v) is 11.2. The third-order valence-electron chi connectivity index (χ3n) is 1.64. The van der Waals surface area contributed by atoms with Crippen LogP contribution in [0.15, 0.2) is 0 Å². The fourth-order valence-corrected chi connectivity index (χ4v) is 0.979. The molecule has 0 bridgehead atoms. The average Bonchev–Trinajstić information content (AvgIpc) is 2.06. The van der Waals surface area contributed by atoms with Gasteiger partial charge in [0.25, 0.3) is 0 Å². The van der Waals surface area contributed by atoms with Gasteiger partial charge in [-0.15, -0.1) is 0 Å². The van der Waals surface area contributed by atoms with E-state index in [1.54, 1.807) is 0 Å². The van der Waals surface area contributed by atoms with Crippen LogP contribution >= 0.6 is 13.4 Å². The molecule has 0 saturated heterocycles. The van der Waals surface area contributed by atoms with E-state index >= 15 is 0 Å². The monoisotopic (exact) mass is 420 g/mol. The quantitative estimate of drug-likeness (QED) is 0.226.